The molecule has 1 aromatic heterocycles. The van der Waals surface area contributed by atoms with Crippen molar-refractivity contribution in [2.24, 2.45) is 0 Å². The molecule has 1 unspecified atom stereocenters. The first kappa shape index (κ1) is 13.0. The second-order valence-corrected chi connectivity index (χ2v) is 5.10. The van der Waals surface area contributed by atoms with Crippen LogP contribution in [0.25, 0.3) is 11.0 Å². The summed E-state index contributed by atoms with van der Waals surface area (Å²) >= 11 is 6.09. The molecule has 0 bridgehead atoms. The first-order chi connectivity index (χ1) is 9.63. The number of aromatic amines is 2. The van der Waals surface area contributed by atoms with Crippen molar-refractivity contribution in [3.8, 4) is 0 Å². The highest BCUT2D eigenvalue weighted by Gasteiger charge is 2.12. The van der Waals surface area contributed by atoms with E-state index in [9.17, 15) is 9.90 Å². The summed E-state index contributed by atoms with van der Waals surface area (Å²) in [5, 5.41) is 10.9. The summed E-state index contributed by atoms with van der Waals surface area (Å²) in [5.41, 5.74) is 2.80. The summed E-state index contributed by atoms with van der Waals surface area (Å²) in [4.78, 5) is 16.6. The van der Waals surface area contributed by atoms with Crippen molar-refractivity contribution in [1.29, 1.82) is 0 Å². The van der Waals surface area contributed by atoms with Crippen molar-refractivity contribution in [2.45, 2.75) is 12.5 Å². The van der Waals surface area contributed by atoms with Crippen LogP contribution in [0.5, 0.6) is 0 Å². The van der Waals surface area contributed by atoms with Crippen LogP contribution < -0.4 is 5.69 Å². The number of aliphatic hydroxyl groups excluding tert-OH is 1. The topological polar surface area (TPSA) is 68.9 Å². The zero-order chi connectivity index (χ0) is 14.1. The number of imidazole rings is 1. The van der Waals surface area contributed by atoms with Crippen molar-refractivity contribution in [1.82, 2.24) is 9.97 Å². The van der Waals surface area contributed by atoms with Gasteiger partial charge < -0.3 is 15.1 Å². The molecule has 3 rings (SSSR count). The third-order valence-electron chi connectivity index (χ3n) is 3.30. The van der Waals surface area contributed by atoms with Gasteiger partial charge in [-0.1, -0.05) is 35.9 Å². The van der Waals surface area contributed by atoms with Gasteiger partial charge >= 0.3 is 5.69 Å². The van der Waals surface area contributed by atoms with Gasteiger partial charge in [0, 0.05) is 11.4 Å². The lowest BCUT2D eigenvalue weighted by molar-refractivity contribution is 0.178. The number of hydrogen-bond donors (Lipinski definition) is 3. The number of benzene rings is 2. The molecule has 3 aromatic rings. The third-order valence-corrected chi connectivity index (χ3v) is 3.66. The predicted molar refractivity (Wildman–Crippen MR) is 79.0 cm³/mol. The first-order valence-corrected chi connectivity index (χ1v) is 6.65. The molecule has 0 saturated heterocycles. The fourth-order valence-corrected chi connectivity index (χ4v) is 2.46. The summed E-state index contributed by atoms with van der Waals surface area (Å²) in [6.07, 6.45) is -0.238. The summed E-state index contributed by atoms with van der Waals surface area (Å²) in [6, 6.07) is 12.8. The van der Waals surface area contributed by atoms with Gasteiger partial charge in [-0.05, 0) is 29.3 Å². The van der Waals surface area contributed by atoms with Crippen LogP contribution in [0.1, 0.15) is 17.2 Å². The Morgan fingerprint density at radius 1 is 1.10 bits per heavy atom. The lowest BCUT2D eigenvalue weighted by atomic mass is 10.0. The van der Waals surface area contributed by atoms with Crippen molar-refractivity contribution in [3.63, 3.8) is 0 Å². The van der Waals surface area contributed by atoms with Crippen LogP contribution in [0, 0.1) is 0 Å². The van der Waals surface area contributed by atoms with Crippen LogP contribution in [0.4, 0.5) is 0 Å². The average molecular weight is 289 g/mol. The van der Waals surface area contributed by atoms with Crippen LogP contribution in [0.15, 0.2) is 47.3 Å². The molecule has 0 aliphatic heterocycles. The fraction of sp³-hybridized carbons (Fsp3) is 0.133. The van der Waals surface area contributed by atoms with E-state index in [0.717, 1.165) is 16.6 Å². The summed E-state index contributed by atoms with van der Waals surface area (Å²) < 4.78 is 0. The molecule has 2 aromatic carbocycles. The monoisotopic (exact) mass is 288 g/mol. The predicted octanol–water partition coefficient (Wildman–Crippen LogP) is 2.79. The Morgan fingerprint density at radius 2 is 1.85 bits per heavy atom. The highest BCUT2D eigenvalue weighted by Crippen LogP contribution is 2.24. The van der Waals surface area contributed by atoms with Crippen molar-refractivity contribution < 1.29 is 5.11 Å². The van der Waals surface area contributed by atoms with E-state index in [4.69, 9.17) is 11.6 Å². The van der Waals surface area contributed by atoms with Gasteiger partial charge in [-0.25, -0.2) is 4.79 Å². The van der Waals surface area contributed by atoms with E-state index < -0.39 is 6.10 Å². The number of aromatic nitrogens is 2. The van der Waals surface area contributed by atoms with Gasteiger partial charge in [-0.3, -0.25) is 0 Å². The molecule has 1 atom stereocenters. The van der Waals surface area contributed by atoms with E-state index in [1.807, 2.05) is 18.2 Å². The van der Waals surface area contributed by atoms with Crippen LogP contribution in [0.2, 0.25) is 5.02 Å². The molecule has 0 saturated carbocycles. The number of hydrogen-bond acceptors (Lipinski definition) is 2. The maximum atomic E-state index is 11.2. The smallest absolute Gasteiger partial charge is 0.323 e. The second kappa shape index (κ2) is 5.15. The Hall–Kier alpha value is -2.04. The molecule has 5 heteroatoms. The molecule has 102 valence electrons. The van der Waals surface area contributed by atoms with Crippen molar-refractivity contribution >= 4 is 22.6 Å². The minimum Gasteiger partial charge on any atom is -0.388 e. The molecular formula is C15H13ClN2O2. The molecule has 0 aliphatic carbocycles. The number of halogens is 1. The minimum absolute atomic E-state index is 0.252. The van der Waals surface area contributed by atoms with Crippen molar-refractivity contribution in [2.75, 3.05) is 0 Å². The molecule has 0 radical (unpaired) electrons. The van der Waals surface area contributed by atoms with Gasteiger partial charge in [0.15, 0.2) is 0 Å². The molecule has 3 N–H and O–H groups in total. The molecule has 20 heavy (non-hydrogen) atoms. The lowest BCUT2D eigenvalue weighted by Crippen LogP contribution is -2.02. The molecule has 0 amide bonds. The largest absolute Gasteiger partial charge is 0.388 e. The van der Waals surface area contributed by atoms with Gasteiger partial charge in [0.25, 0.3) is 0 Å². The van der Waals surface area contributed by atoms with Crippen LogP contribution in [-0.2, 0) is 6.42 Å². The normalized spacial score (nSPS) is 12.7. The SMILES string of the molecule is O=c1[nH]c2ccc(C(O)Cc3ccccc3Cl)cc2[nH]1. The van der Waals surface area contributed by atoms with E-state index in [0.29, 0.717) is 17.0 Å². The Labute approximate surface area is 120 Å². The average Bonchev–Trinajstić information content (AvgIpc) is 2.80. The highest BCUT2D eigenvalue weighted by atomic mass is 35.5. The zero-order valence-corrected chi connectivity index (χ0v) is 11.3. The number of rotatable bonds is 3. The Bertz CT molecular complexity index is 807. The molecule has 1 heterocycles. The molecule has 4 nitrogen and oxygen atoms in total. The van der Waals surface area contributed by atoms with Gasteiger partial charge in [0.05, 0.1) is 17.1 Å². The summed E-state index contributed by atoms with van der Waals surface area (Å²) in [7, 11) is 0. The second-order valence-electron chi connectivity index (χ2n) is 4.70. The summed E-state index contributed by atoms with van der Waals surface area (Å²) in [6.45, 7) is 0. The Morgan fingerprint density at radius 3 is 2.65 bits per heavy atom. The van der Waals surface area contributed by atoms with E-state index >= 15 is 0 Å². The standard InChI is InChI=1S/C15H13ClN2O2/c16-11-4-2-1-3-9(11)8-14(19)10-5-6-12-13(7-10)18-15(20)17-12/h1-7,14,19H,8H2,(H2,17,18,20). The van der Waals surface area contributed by atoms with Gasteiger partial charge in [0.1, 0.15) is 0 Å². The molecular weight excluding hydrogens is 276 g/mol. The van der Waals surface area contributed by atoms with Gasteiger partial charge in [-0.15, -0.1) is 0 Å². The number of H-pyrrole nitrogens is 2. The van der Waals surface area contributed by atoms with Crippen LogP contribution in [-0.4, -0.2) is 15.1 Å². The first-order valence-electron chi connectivity index (χ1n) is 6.27. The maximum absolute atomic E-state index is 11.2. The third kappa shape index (κ3) is 2.48. The van der Waals surface area contributed by atoms with Crippen molar-refractivity contribution in [3.05, 3.63) is 69.1 Å². The van der Waals surface area contributed by atoms with E-state index in [2.05, 4.69) is 9.97 Å². The Kier molecular flexibility index (Phi) is 3.34. The fourth-order valence-electron chi connectivity index (χ4n) is 2.25. The lowest BCUT2D eigenvalue weighted by Gasteiger charge is -2.12. The summed E-state index contributed by atoms with van der Waals surface area (Å²) in [5.74, 6) is 0. The molecule has 0 spiro atoms. The Balaban J connectivity index is 1.90. The molecule has 0 fully saturated rings. The van der Waals surface area contributed by atoms with Crippen LogP contribution >= 0.6 is 11.6 Å². The number of fused-ring (bicyclic) bond motifs is 1. The minimum atomic E-state index is -0.669. The maximum Gasteiger partial charge on any atom is 0.323 e. The number of nitrogens with one attached hydrogen (secondary N) is 2. The van der Waals surface area contributed by atoms with E-state index in [-0.39, 0.29) is 5.69 Å². The van der Waals surface area contributed by atoms with Crippen LogP contribution in [0.3, 0.4) is 0 Å². The highest BCUT2D eigenvalue weighted by molar-refractivity contribution is 6.31. The zero-order valence-electron chi connectivity index (χ0n) is 10.6. The van der Waals surface area contributed by atoms with E-state index in [1.165, 1.54) is 0 Å². The number of aliphatic hydroxyl groups is 1. The molecule has 0 aliphatic rings. The van der Waals surface area contributed by atoms with Gasteiger partial charge in [0.2, 0.25) is 0 Å². The van der Waals surface area contributed by atoms with Gasteiger partial charge in [-0.2, -0.15) is 0 Å². The quantitative estimate of drug-likeness (QED) is 0.693. The van der Waals surface area contributed by atoms with E-state index in [1.54, 1.807) is 24.3 Å².